The van der Waals surface area contributed by atoms with Crippen LogP contribution in [0, 0.1) is 11.7 Å². The molecule has 1 saturated heterocycles. The van der Waals surface area contributed by atoms with E-state index in [4.69, 9.17) is 16.3 Å². The van der Waals surface area contributed by atoms with E-state index in [2.05, 4.69) is 5.32 Å². The van der Waals surface area contributed by atoms with Crippen LogP contribution in [0.3, 0.4) is 0 Å². The summed E-state index contributed by atoms with van der Waals surface area (Å²) in [5.74, 6) is 0.360. The highest BCUT2D eigenvalue weighted by Gasteiger charge is 2.23. The van der Waals surface area contributed by atoms with Crippen molar-refractivity contribution >= 4 is 11.6 Å². The van der Waals surface area contributed by atoms with Crippen molar-refractivity contribution in [1.82, 2.24) is 5.32 Å². The Morgan fingerprint density at radius 2 is 2.16 bits per heavy atom. The van der Waals surface area contributed by atoms with Gasteiger partial charge in [-0.05, 0) is 43.9 Å². The minimum Gasteiger partial charge on any atom is -0.381 e. The third kappa shape index (κ3) is 3.91. The van der Waals surface area contributed by atoms with E-state index in [1.54, 1.807) is 12.1 Å². The van der Waals surface area contributed by atoms with Crippen molar-refractivity contribution in [3.05, 3.63) is 34.6 Å². The summed E-state index contributed by atoms with van der Waals surface area (Å²) < 4.78 is 19.4. The minimum atomic E-state index is -0.217. The highest BCUT2D eigenvalue weighted by molar-refractivity contribution is 6.31. The number of ether oxygens (including phenoxy) is 1. The first kappa shape index (κ1) is 14.8. The van der Waals surface area contributed by atoms with E-state index < -0.39 is 0 Å². The normalized spacial score (nSPS) is 18.5. The molecule has 0 bridgehead atoms. The van der Waals surface area contributed by atoms with Gasteiger partial charge >= 0.3 is 0 Å². The number of nitrogens with one attached hydrogen (secondary N) is 1. The van der Waals surface area contributed by atoms with E-state index in [1.165, 1.54) is 6.07 Å². The van der Waals surface area contributed by atoms with E-state index in [0.717, 1.165) is 39.0 Å². The Morgan fingerprint density at radius 3 is 2.79 bits per heavy atom. The van der Waals surface area contributed by atoms with E-state index in [-0.39, 0.29) is 11.9 Å². The maximum absolute atomic E-state index is 14.0. The largest absolute Gasteiger partial charge is 0.381 e. The van der Waals surface area contributed by atoms with Crippen LogP contribution >= 0.6 is 11.6 Å². The van der Waals surface area contributed by atoms with Crippen LogP contribution in [0.2, 0.25) is 5.02 Å². The van der Waals surface area contributed by atoms with Crippen LogP contribution in [-0.4, -0.2) is 19.8 Å². The molecule has 1 fully saturated rings. The molecule has 1 unspecified atom stereocenters. The summed E-state index contributed by atoms with van der Waals surface area (Å²) in [6, 6.07) is 4.88. The zero-order valence-electron chi connectivity index (χ0n) is 11.3. The third-order valence-electron chi connectivity index (χ3n) is 3.71. The molecule has 2 rings (SSSR count). The Labute approximate surface area is 119 Å². The smallest absolute Gasteiger partial charge is 0.129 e. The molecule has 1 aromatic rings. The fraction of sp³-hybridized carbons (Fsp3) is 0.600. The van der Waals surface area contributed by atoms with E-state index >= 15 is 0 Å². The van der Waals surface area contributed by atoms with Crippen molar-refractivity contribution < 1.29 is 9.13 Å². The average Bonchev–Trinajstić information content (AvgIpc) is 2.40. The van der Waals surface area contributed by atoms with Gasteiger partial charge in [0.15, 0.2) is 0 Å². The average molecular weight is 286 g/mol. The zero-order chi connectivity index (χ0) is 13.7. The quantitative estimate of drug-likeness (QED) is 0.884. The molecule has 0 aromatic heterocycles. The molecule has 1 N–H and O–H groups in total. The van der Waals surface area contributed by atoms with Crippen molar-refractivity contribution in [2.45, 2.75) is 32.2 Å². The summed E-state index contributed by atoms with van der Waals surface area (Å²) in [5, 5.41) is 3.87. The molecule has 1 aromatic carbocycles. The van der Waals surface area contributed by atoms with Crippen LogP contribution in [0.5, 0.6) is 0 Å². The Kier molecular flexibility index (Phi) is 5.61. The van der Waals surface area contributed by atoms with Crippen LogP contribution in [-0.2, 0) is 4.74 Å². The fourth-order valence-electron chi connectivity index (χ4n) is 2.71. The molecule has 106 valence electrons. The Hall–Kier alpha value is -0.640. The Bertz CT molecular complexity index is 387. The molecular formula is C15H21ClFNO. The van der Waals surface area contributed by atoms with Crippen molar-refractivity contribution in [2.24, 2.45) is 5.92 Å². The lowest BCUT2D eigenvalue weighted by Gasteiger charge is -2.28. The summed E-state index contributed by atoms with van der Waals surface area (Å²) in [6.45, 7) is 4.47. The lowest BCUT2D eigenvalue weighted by molar-refractivity contribution is 0.0604. The van der Waals surface area contributed by atoms with Gasteiger partial charge in [-0.1, -0.05) is 24.6 Å². The summed E-state index contributed by atoms with van der Waals surface area (Å²) in [6.07, 6.45) is 3.01. The first-order valence-corrected chi connectivity index (χ1v) is 7.35. The van der Waals surface area contributed by atoms with Gasteiger partial charge in [-0.15, -0.1) is 0 Å². The molecule has 1 heterocycles. The van der Waals surface area contributed by atoms with Crippen LogP contribution in [0.4, 0.5) is 4.39 Å². The van der Waals surface area contributed by atoms with Gasteiger partial charge in [-0.25, -0.2) is 4.39 Å². The van der Waals surface area contributed by atoms with E-state index in [9.17, 15) is 4.39 Å². The van der Waals surface area contributed by atoms with Gasteiger partial charge in [0.2, 0.25) is 0 Å². The minimum absolute atomic E-state index is 0.0122. The fourth-order valence-corrected chi connectivity index (χ4v) is 3.00. The molecule has 0 aliphatic carbocycles. The highest BCUT2D eigenvalue weighted by atomic mass is 35.5. The Balaban J connectivity index is 2.14. The molecule has 2 nitrogen and oxygen atoms in total. The second-order valence-electron chi connectivity index (χ2n) is 5.04. The van der Waals surface area contributed by atoms with Gasteiger partial charge in [-0.2, -0.15) is 0 Å². The summed E-state index contributed by atoms with van der Waals surface area (Å²) in [7, 11) is 0. The van der Waals surface area contributed by atoms with Gasteiger partial charge in [0.05, 0.1) is 0 Å². The molecule has 1 aliphatic heterocycles. The molecule has 4 heteroatoms. The van der Waals surface area contributed by atoms with Crippen LogP contribution < -0.4 is 5.32 Å². The van der Waals surface area contributed by atoms with E-state index in [0.29, 0.717) is 16.5 Å². The third-order valence-corrected chi connectivity index (χ3v) is 4.04. The number of rotatable bonds is 5. The van der Waals surface area contributed by atoms with Crippen LogP contribution in [0.15, 0.2) is 18.2 Å². The maximum atomic E-state index is 14.0. The zero-order valence-corrected chi connectivity index (χ0v) is 12.0. The standard InChI is InChI=1S/C15H21ClFNO/c1-2-18-14(10-11-6-8-19-9-7-11)15-12(16)4-3-5-13(15)17/h3-5,11,14,18H,2,6-10H2,1H3. The molecule has 0 radical (unpaired) electrons. The second-order valence-corrected chi connectivity index (χ2v) is 5.44. The summed E-state index contributed by atoms with van der Waals surface area (Å²) in [5.41, 5.74) is 0.609. The molecule has 0 saturated carbocycles. The van der Waals surface area contributed by atoms with Crippen molar-refractivity contribution in [3.63, 3.8) is 0 Å². The van der Waals surface area contributed by atoms with Gasteiger partial charge in [0.25, 0.3) is 0 Å². The molecule has 1 atom stereocenters. The topological polar surface area (TPSA) is 21.3 Å². The van der Waals surface area contributed by atoms with Crippen LogP contribution in [0.25, 0.3) is 0 Å². The summed E-state index contributed by atoms with van der Waals surface area (Å²) >= 11 is 6.17. The first-order chi connectivity index (χ1) is 9.22. The Morgan fingerprint density at radius 1 is 1.42 bits per heavy atom. The predicted molar refractivity (Wildman–Crippen MR) is 76.0 cm³/mol. The predicted octanol–water partition coefficient (Wildman–Crippen LogP) is 3.95. The van der Waals surface area contributed by atoms with Crippen LogP contribution in [0.1, 0.15) is 37.8 Å². The van der Waals surface area contributed by atoms with Crippen molar-refractivity contribution in [1.29, 1.82) is 0 Å². The number of benzene rings is 1. The first-order valence-electron chi connectivity index (χ1n) is 6.97. The lowest BCUT2D eigenvalue weighted by Crippen LogP contribution is -2.27. The molecular weight excluding hydrogens is 265 g/mol. The molecule has 19 heavy (non-hydrogen) atoms. The van der Waals surface area contributed by atoms with Crippen molar-refractivity contribution in [3.8, 4) is 0 Å². The van der Waals surface area contributed by atoms with Gasteiger partial charge < -0.3 is 10.1 Å². The van der Waals surface area contributed by atoms with E-state index in [1.807, 2.05) is 6.92 Å². The SMILES string of the molecule is CCNC(CC1CCOCC1)c1c(F)cccc1Cl. The second kappa shape index (κ2) is 7.22. The highest BCUT2D eigenvalue weighted by Crippen LogP contribution is 2.32. The molecule has 1 aliphatic rings. The van der Waals surface area contributed by atoms with Crippen molar-refractivity contribution in [2.75, 3.05) is 19.8 Å². The maximum Gasteiger partial charge on any atom is 0.129 e. The van der Waals surface area contributed by atoms with Gasteiger partial charge in [0.1, 0.15) is 5.82 Å². The molecule has 0 amide bonds. The lowest BCUT2D eigenvalue weighted by atomic mass is 9.89. The monoisotopic (exact) mass is 285 g/mol. The number of hydrogen-bond acceptors (Lipinski definition) is 2. The van der Waals surface area contributed by atoms with Gasteiger partial charge in [-0.3, -0.25) is 0 Å². The molecule has 0 spiro atoms. The number of halogens is 2. The number of hydrogen-bond donors (Lipinski definition) is 1. The van der Waals surface area contributed by atoms with Gasteiger partial charge in [0, 0.05) is 29.8 Å². The summed E-state index contributed by atoms with van der Waals surface area (Å²) in [4.78, 5) is 0.